The van der Waals surface area contributed by atoms with Crippen molar-refractivity contribution in [3.05, 3.63) is 83.4 Å². The van der Waals surface area contributed by atoms with Crippen LogP contribution in [-0.4, -0.2) is 101 Å². The molecule has 284 valence electrons. The molecule has 0 unspecified atom stereocenters. The summed E-state index contributed by atoms with van der Waals surface area (Å²) in [4.78, 5) is 94.2. The zero-order valence-corrected chi connectivity index (χ0v) is 29.6. The van der Waals surface area contributed by atoms with Crippen molar-refractivity contribution in [1.29, 1.82) is 0 Å². The number of carbonyl (C=O) groups is 7. The topological polar surface area (TPSA) is 256 Å². The molecule has 54 heavy (non-hydrogen) atoms. The van der Waals surface area contributed by atoms with Gasteiger partial charge in [-0.1, -0.05) is 61.2 Å². The molecule has 2 aromatic carbocycles. The minimum atomic E-state index is -1.44. The van der Waals surface area contributed by atoms with Gasteiger partial charge in [0.25, 0.3) is 0 Å². The van der Waals surface area contributed by atoms with E-state index in [2.05, 4.69) is 32.1 Å². The van der Waals surface area contributed by atoms with Crippen LogP contribution in [0.3, 0.4) is 0 Å². The number of ketones is 2. The quantitative estimate of drug-likeness (QED) is 0.0396. The molecule has 3 N–H and O–H groups in total. The first kappa shape index (κ1) is 41.8. The van der Waals surface area contributed by atoms with Crippen molar-refractivity contribution < 1.29 is 57.4 Å². The fourth-order valence-corrected chi connectivity index (χ4v) is 5.68. The molecule has 17 heteroatoms. The van der Waals surface area contributed by atoms with Crippen LogP contribution < -0.4 is 16.0 Å². The Morgan fingerprint density at radius 2 is 1.24 bits per heavy atom. The Balaban J connectivity index is 1.68. The summed E-state index contributed by atoms with van der Waals surface area (Å²) in [5, 5.41) is 7.31. The van der Waals surface area contributed by atoms with Crippen molar-refractivity contribution in [1.82, 2.24) is 16.0 Å². The van der Waals surface area contributed by atoms with E-state index in [1.54, 1.807) is 6.92 Å². The van der Waals surface area contributed by atoms with E-state index in [0.29, 0.717) is 12.4 Å². The lowest BCUT2D eigenvalue weighted by molar-refractivity contribution is -0.147. The van der Waals surface area contributed by atoms with Crippen LogP contribution in [0.4, 0.5) is 4.79 Å². The first-order valence-electron chi connectivity index (χ1n) is 17.1. The van der Waals surface area contributed by atoms with Gasteiger partial charge in [-0.25, -0.2) is 14.4 Å². The second-order valence-electron chi connectivity index (χ2n) is 11.9. The van der Waals surface area contributed by atoms with E-state index in [0.717, 1.165) is 22.3 Å². The van der Waals surface area contributed by atoms with E-state index in [1.807, 2.05) is 48.5 Å². The van der Waals surface area contributed by atoms with Gasteiger partial charge in [-0.2, -0.15) is 9.58 Å². The van der Waals surface area contributed by atoms with Crippen molar-refractivity contribution in [3.63, 3.8) is 0 Å². The minimum Gasteiger partial charge on any atom is -0.464 e. The highest BCUT2D eigenvalue weighted by Crippen LogP contribution is 2.44. The Bertz CT molecular complexity index is 1790. The van der Waals surface area contributed by atoms with Gasteiger partial charge in [0.2, 0.25) is 23.4 Å². The third kappa shape index (κ3) is 12.6. The van der Waals surface area contributed by atoms with Gasteiger partial charge in [0.15, 0.2) is 0 Å². The van der Waals surface area contributed by atoms with E-state index < -0.39 is 66.0 Å². The maximum atomic E-state index is 13.4. The normalized spacial score (nSPS) is 12.8. The second-order valence-corrected chi connectivity index (χ2v) is 11.9. The van der Waals surface area contributed by atoms with Crippen molar-refractivity contribution >= 4 is 53.8 Å². The molecule has 0 fully saturated rings. The van der Waals surface area contributed by atoms with Gasteiger partial charge in [-0.15, -0.1) is 0 Å². The SMILES string of the molecule is C=CCOC(=O)[C@H](CCC(=O)C=[N+]=[N-])NC(=O)[C@H](CCC(=O)C=[N+]=[N-])NC(=O)CC[C@H](NC(=O)OCC1c2ccccc2-c2ccccc21)C(=O)OCC. The van der Waals surface area contributed by atoms with Crippen LogP contribution >= 0.6 is 0 Å². The van der Waals surface area contributed by atoms with E-state index in [4.69, 9.17) is 25.3 Å². The van der Waals surface area contributed by atoms with E-state index in [-0.39, 0.29) is 57.8 Å². The summed E-state index contributed by atoms with van der Waals surface area (Å²) in [6.07, 6.45) is -0.373. The lowest BCUT2D eigenvalue weighted by atomic mass is 9.98. The predicted molar refractivity (Wildman–Crippen MR) is 191 cm³/mol. The van der Waals surface area contributed by atoms with Crippen LogP contribution in [0, 0.1) is 0 Å². The van der Waals surface area contributed by atoms with Crippen LogP contribution in [-0.2, 0) is 43.0 Å². The fourth-order valence-electron chi connectivity index (χ4n) is 5.68. The van der Waals surface area contributed by atoms with Crippen LogP contribution in [0.5, 0.6) is 0 Å². The van der Waals surface area contributed by atoms with Crippen molar-refractivity contribution in [3.8, 4) is 11.1 Å². The molecular formula is C37H41N7O10. The first-order valence-corrected chi connectivity index (χ1v) is 17.1. The third-order valence-corrected chi connectivity index (χ3v) is 8.23. The zero-order valence-electron chi connectivity index (χ0n) is 29.6. The number of Topliss-reactive ketones (excluding diaryl/α,β-unsaturated/α-hetero) is 2. The molecule has 3 rings (SSSR count). The summed E-state index contributed by atoms with van der Waals surface area (Å²) >= 11 is 0. The maximum Gasteiger partial charge on any atom is 0.407 e. The maximum absolute atomic E-state index is 13.4. The van der Waals surface area contributed by atoms with Crippen molar-refractivity contribution in [2.75, 3.05) is 19.8 Å². The molecule has 2 aromatic rings. The smallest absolute Gasteiger partial charge is 0.407 e. The van der Waals surface area contributed by atoms with E-state index in [1.165, 1.54) is 6.08 Å². The van der Waals surface area contributed by atoms with Gasteiger partial charge in [0, 0.05) is 25.2 Å². The molecule has 0 aliphatic heterocycles. The predicted octanol–water partition coefficient (Wildman–Crippen LogP) is 2.24. The molecule has 0 radical (unpaired) electrons. The molecule has 1 aliphatic rings. The second kappa shape index (κ2) is 21.7. The third-order valence-electron chi connectivity index (χ3n) is 8.23. The van der Waals surface area contributed by atoms with Gasteiger partial charge in [0.05, 0.1) is 6.61 Å². The summed E-state index contributed by atoms with van der Waals surface area (Å²) in [7, 11) is 0. The van der Waals surface area contributed by atoms with Crippen LogP contribution in [0.15, 0.2) is 61.2 Å². The first-order chi connectivity index (χ1) is 26.0. The molecule has 0 bridgehead atoms. The molecule has 0 saturated heterocycles. The Labute approximate surface area is 310 Å². The zero-order chi connectivity index (χ0) is 39.5. The van der Waals surface area contributed by atoms with Gasteiger partial charge < -0.3 is 41.2 Å². The summed E-state index contributed by atoms with van der Waals surface area (Å²) < 4.78 is 15.7. The molecular weight excluding hydrogens is 702 g/mol. The number of nitrogens with zero attached hydrogens (tertiary/aromatic N) is 4. The Hall–Kier alpha value is -6.57. The van der Waals surface area contributed by atoms with Crippen LogP contribution in [0.2, 0.25) is 0 Å². The number of esters is 2. The number of rotatable bonds is 22. The molecule has 0 heterocycles. The number of carbonyl (C=O) groups excluding carboxylic acids is 7. The Kier molecular flexibility index (Phi) is 16.8. The lowest BCUT2D eigenvalue weighted by Crippen LogP contribution is -2.52. The average Bonchev–Trinajstić information content (AvgIpc) is 3.48. The number of nitrogens with one attached hydrogen (secondary N) is 3. The van der Waals surface area contributed by atoms with Crippen molar-refractivity contribution in [2.45, 2.75) is 69.5 Å². The molecule has 3 amide bonds. The summed E-state index contributed by atoms with van der Waals surface area (Å²) in [6.45, 7) is 4.75. The molecule has 1 aliphatic carbocycles. The number of hydrogen-bond acceptors (Lipinski definition) is 10. The lowest BCUT2D eigenvalue weighted by Gasteiger charge is -2.23. The van der Waals surface area contributed by atoms with Gasteiger partial charge in [-0.3, -0.25) is 19.2 Å². The fraction of sp³-hybridized carbons (Fsp3) is 0.378. The summed E-state index contributed by atoms with van der Waals surface area (Å²) in [5.74, 6) is -5.05. The highest BCUT2D eigenvalue weighted by atomic mass is 16.6. The van der Waals surface area contributed by atoms with Crippen molar-refractivity contribution in [2.24, 2.45) is 0 Å². The van der Waals surface area contributed by atoms with Gasteiger partial charge in [0.1, 0.15) is 31.3 Å². The van der Waals surface area contributed by atoms with Gasteiger partial charge in [-0.05, 0) is 48.4 Å². The van der Waals surface area contributed by atoms with Gasteiger partial charge >= 0.3 is 30.5 Å². The number of benzene rings is 2. The molecule has 0 saturated carbocycles. The number of fused-ring (bicyclic) bond motifs is 3. The number of ether oxygens (including phenoxy) is 3. The van der Waals surface area contributed by atoms with Crippen LogP contribution in [0.25, 0.3) is 22.2 Å². The average molecular weight is 744 g/mol. The molecule has 0 spiro atoms. The molecule has 17 nitrogen and oxygen atoms in total. The minimum absolute atomic E-state index is 0.0177. The Morgan fingerprint density at radius 3 is 1.80 bits per heavy atom. The van der Waals surface area contributed by atoms with E-state index in [9.17, 15) is 33.6 Å². The largest absolute Gasteiger partial charge is 0.464 e. The Morgan fingerprint density at radius 1 is 0.722 bits per heavy atom. The summed E-state index contributed by atoms with van der Waals surface area (Å²) in [5.41, 5.74) is 21.3. The van der Waals surface area contributed by atoms with E-state index >= 15 is 0 Å². The highest BCUT2D eigenvalue weighted by molar-refractivity contribution is 6.25. The molecule has 0 aromatic heterocycles. The summed E-state index contributed by atoms with van der Waals surface area (Å²) in [6, 6.07) is 11.4. The number of amides is 3. The number of hydrogen-bond donors (Lipinski definition) is 3. The standard InChI is InChI=1S/C37H41N7O10/c1-3-19-53-36(50)31(16-14-24(46)21-41-39)43-34(48)30(15-13-23(45)20-40-38)42-33(47)18-17-32(35(49)52-4-2)44-37(51)54-22-29-27-11-7-5-9-25(27)26-10-6-8-12-28(26)29/h3,5-12,20-21,29-32H,1,4,13-19,22H2,2H3,(H,42,47)(H,43,48)(H,44,51)/t30-,31-,32-/m0/s1. The number of alkyl carbamates (subject to hydrolysis) is 1. The monoisotopic (exact) mass is 743 g/mol. The molecule has 3 atom stereocenters. The highest BCUT2D eigenvalue weighted by Gasteiger charge is 2.32. The van der Waals surface area contributed by atoms with Crippen LogP contribution in [0.1, 0.15) is 62.5 Å².